The highest BCUT2D eigenvalue weighted by Gasteiger charge is 2.72. The summed E-state index contributed by atoms with van der Waals surface area (Å²) in [6.07, 6.45) is 19.4. The van der Waals surface area contributed by atoms with Crippen molar-refractivity contribution in [3.8, 4) is 0 Å². The summed E-state index contributed by atoms with van der Waals surface area (Å²) in [5, 5.41) is 0. The lowest BCUT2D eigenvalue weighted by atomic mass is 9.56. The van der Waals surface area contributed by atoms with E-state index in [9.17, 15) is 0 Å². The van der Waals surface area contributed by atoms with Crippen molar-refractivity contribution in [1.82, 2.24) is 0 Å². The van der Waals surface area contributed by atoms with Gasteiger partial charge in [-0.1, -0.05) is 34.1 Å². The molecular formula is C36H54. The molecule has 0 saturated heterocycles. The zero-order valence-electron chi connectivity index (χ0n) is 23.9. The predicted octanol–water partition coefficient (Wildman–Crippen LogP) is 8.95. The third-order valence-corrected chi connectivity index (χ3v) is 17.4. The van der Waals surface area contributed by atoms with Crippen LogP contribution in [0.2, 0.25) is 0 Å². The van der Waals surface area contributed by atoms with Gasteiger partial charge in [0.1, 0.15) is 0 Å². The maximum absolute atomic E-state index is 2.60. The maximum Gasteiger partial charge on any atom is -0.0315 e. The third kappa shape index (κ3) is 2.37. The molecule has 0 aromatic carbocycles. The van der Waals surface area contributed by atoms with Gasteiger partial charge in [-0.25, -0.2) is 0 Å². The lowest BCUT2D eigenvalue weighted by Crippen LogP contribution is -2.44. The Labute approximate surface area is 221 Å². The second-order valence-electron chi connectivity index (χ2n) is 18.8. The first-order chi connectivity index (χ1) is 17.3. The van der Waals surface area contributed by atoms with Gasteiger partial charge in [-0.3, -0.25) is 0 Å². The van der Waals surface area contributed by atoms with Crippen LogP contribution in [0.4, 0.5) is 0 Å². The fourth-order valence-electron chi connectivity index (χ4n) is 17.4. The van der Waals surface area contributed by atoms with Crippen LogP contribution in [0.5, 0.6) is 0 Å². The van der Waals surface area contributed by atoms with Crippen LogP contribution in [0.1, 0.15) is 105 Å². The molecule has 0 aromatic rings. The van der Waals surface area contributed by atoms with Gasteiger partial charge in [0.2, 0.25) is 0 Å². The summed E-state index contributed by atoms with van der Waals surface area (Å²) in [5.41, 5.74) is 1.40. The third-order valence-electron chi connectivity index (χ3n) is 17.4. The molecule has 0 N–H and O–H groups in total. The van der Waals surface area contributed by atoms with Crippen LogP contribution in [0, 0.1) is 117 Å². The van der Waals surface area contributed by atoms with Crippen LogP contribution < -0.4 is 0 Å². The van der Waals surface area contributed by atoms with Gasteiger partial charge in [-0.2, -0.15) is 0 Å². The van der Waals surface area contributed by atoms with Crippen LogP contribution in [0.3, 0.4) is 0 Å². The molecule has 0 radical (unpaired) electrons. The zero-order valence-corrected chi connectivity index (χ0v) is 23.9. The van der Waals surface area contributed by atoms with E-state index in [-0.39, 0.29) is 0 Å². The Balaban J connectivity index is 0.000000103. The quantitative estimate of drug-likeness (QED) is 0.300. The van der Waals surface area contributed by atoms with E-state index in [2.05, 4.69) is 27.7 Å². The van der Waals surface area contributed by atoms with E-state index >= 15 is 0 Å². The molecule has 18 atom stereocenters. The molecule has 0 heterocycles. The van der Waals surface area contributed by atoms with Crippen molar-refractivity contribution in [1.29, 1.82) is 0 Å². The highest BCUT2D eigenvalue weighted by Crippen LogP contribution is 2.79. The van der Waals surface area contributed by atoms with Crippen molar-refractivity contribution < 1.29 is 0 Å². The Bertz CT molecular complexity index is 973. The lowest BCUT2D eigenvalue weighted by Gasteiger charge is -2.49. The molecule has 0 nitrogen and oxygen atoms in total. The monoisotopic (exact) mass is 486 g/mol. The largest absolute Gasteiger partial charge is 0.0596 e. The van der Waals surface area contributed by atoms with E-state index < -0.39 is 0 Å². The molecule has 11 aliphatic carbocycles. The Hall–Kier alpha value is 0. The molecule has 0 heteroatoms. The minimum Gasteiger partial charge on any atom is -0.0596 e. The number of fused-ring (bicyclic) bond motifs is 28. The summed E-state index contributed by atoms with van der Waals surface area (Å²) in [7, 11) is 0. The van der Waals surface area contributed by atoms with E-state index in [1.165, 1.54) is 82.9 Å². The first-order valence-corrected chi connectivity index (χ1v) is 17.3. The van der Waals surface area contributed by atoms with Crippen molar-refractivity contribution in [3.63, 3.8) is 0 Å². The van der Waals surface area contributed by atoms with Gasteiger partial charge in [0, 0.05) is 0 Å². The molecule has 0 aromatic heterocycles. The minimum atomic E-state index is 0.698. The summed E-state index contributed by atoms with van der Waals surface area (Å²) in [6, 6.07) is 0. The van der Waals surface area contributed by atoms with E-state index in [1.807, 2.05) is 0 Å². The van der Waals surface area contributed by atoms with E-state index in [1.54, 1.807) is 77.0 Å². The fourth-order valence-corrected chi connectivity index (χ4v) is 17.4. The average molecular weight is 487 g/mol. The molecule has 0 aliphatic heterocycles. The Kier molecular flexibility index (Phi) is 4.02. The second-order valence-corrected chi connectivity index (χ2v) is 18.8. The summed E-state index contributed by atoms with van der Waals surface area (Å²) in [6.45, 7) is 10.3. The average Bonchev–Trinajstić information content (AvgIpc) is 3.63. The standard InChI is InChI=1S/C19H28.C17H26/c1-19(2)8-11-6-14(19)18-13-7-12(17(11)18)15-9-3-4-10(5-9)16(13)15;1-17(2)8-9-6-14(17)16-13-7-12(15(9)16)10-4-3-5-11(10)13/h9-18H,3-8H2,1-2H3;9-16H,3-8H2,1-2H3. The smallest absolute Gasteiger partial charge is 0.0315 e. The Morgan fingerprint density at radius 3 is 1.44 bits per heavy atom. The van der Waals surface area contributed by atoms with E-state index in [4.69, 9.17) is 0 Å². The topological polar surface area (TPSA) is 0 Å². The van der Waals surface area contributed by atoms with Crippen molar-refractivity contribution in [2.45, 2.75) is 105 Å². The minimum absolute atomic E-state index is 0.698. The maximum atomic E-state index is 2.60. The van der Waals surface area contributed by atoms with Crippen molar-refractivity contribution in [3.05, 3.63) is 0 Å². The number of rotatable bonds is 0. The van der Waals surface area contributed by atoms with Crippen molar-refractivity contribution in [2.24, 2.45) is 117 Å². The van der Waals surface area contributed by atoms with Gasteiger partial charge in [0.05, 0.1) is 0 Å². The predicted molar refractivity (Wildman–Crippen MR) is 146 cm³/mol. The normalized spacial score (nSPS) is 67.7. The summed E-state index contributed by atoms with van der Waals surface area (Å²) >= 11 is 0. The second kappa shape index (κ2) is 6.65. The van der Waals surface area contributed by atoms with E-state index in [0.717, 1.165) is 23.7 Å². The van der Waals surface area contributed by atoms with Crippen LogP contribution >= 0.6 is 0 Å². The van der Waals surface area contributed by atoms with Crippen LogP contribution in [0.15, 0.2) is 0 Å². The SMILES string of the molecule is CC1(C)CC2CC1C1C3CC(C4C5CCC(C5)C34)C21.CC1(C)CC2CC1C1C3CC(C4CCCC43)C21. The van der Waals surface area contributed by atoms with Crippen LogP contribution in [0.25, 0.3) is 0 Å². The number of hydrogen-bond acceptors (Lipinski definition) is 0. The van der Waals surface area contributed by atoms with Gasteiger partial charge in [0.15, 0.2) is 0 Å². The molecule has 0 amide bonds. The van der Waals surface area contributed by atoms with Crippen LogP contribution in [-0.2, 0) is 0 Å². The van der Waals surface area contributed by atoms with Crippen LogP contribution in [-0.4, -0.2) is 0 Å². The molecule has 198 valence electrons. The summed E-state index contributed by atoms with van der Waals surface area (Å²) in [4.78, 5) is 0. The van der Waals surface area contributed by atoms with Gasteiger partial charge in [-0.05, 0) is 188 Å². The molecule has 10 bridgehead atoms. The first kappa shape index (κ1) is 21.8. The molecule has 36 heavy (non-hydrogen) atoms. The van der Waals surface area contributed by atoms with E-state index in [0.29, 0.717) is 10.8 Å². The summed E-state index contributed by atoms with van der Waals surface area (Å²) < 4.78 is 0. The Morgan fingerprint density at radius 2 is 0.833 bits per heavy atom. The first-order valence-electron chi connectivity index (χ1n) is 17.3. The Morgan fingerprint density at radius 1 is 0.389 bits per heavy atom. The fraction of sp³-hybridized carbons (Fsp3) is 1.00. The zero-order chi connectivity index (χ0) is 23.9. The summed E-state index contributed by atoms with van der Waals surface area (Å²) in [5.74, 6) is 21.4. The lowest BCUT2D eigenvalue weighted by molar-refractivity contribution is -0.0124. The van der Waals surface area contributed by atoms with Crippen molar-refractivity contribution >= 4 is 0 Å². The highest BCUT2D eigenvalue weighted by molar-refractivity contribution is 5.21. The molecular weight excluding hydrogens is 432 g/mol. The van der Waals surface area contributed by atoms with Gasteiger partial charge >= 0.3 is 0 Å². The van der Waals surface area contributed by atoms with Gasteiger partial charge in [0.25, 0.3) is 0 Å². The van der Waals surface area contributed by atoms with Crippen molar-refractivity contribution in [2.75, 3.05) is 0 Å². The molecule has 11 rings (SSSR count). The number of hydrogen-bond donors (Lipinski definition) is 0. The molecule has 11 aliphatic rings. The van der Waals surface area contributed by atoms with Gasteiger partial charge in [-0.15, -0.1) is 0 Å². The highest BCUT2D eigenvalue weighted by atomic mass is 14.8. The molecule has 11 fully saturated rings. The molecule has 0 spiro atoms. The molecule has 11 saturated carbocycles. The van der Waals surface area contributed by atoms with Gasteiger partial charge < -0.3 is 0 Å². The molecule has 18 unspecified atom stereocenters.